The van der Waals surface area contributed by atoms with Gasteiger partial charge in [0.15, 0.2) is 0 Å². The molecule has 0 atom stereocenters. The van der Waals surface area contributed by atoms with Gasteiger partial charge in [-0.1, -0.05) is 30.3 Å². The van der Waals surface area contributed by atoms with Crippen LogP contribution >= 0.6 is 11.6 Å². The predicted octanol–water partition coefficient (Wildman–Crippen LogP) is 3.72. The molecule has 1 N–H and O–H groups in total. The molecule has 0 aromatic heterocycles. The summed E-state index contributed by atoms with van der Waals surface area (Å²) in [5.74, 6) is 1.00. The quantitative estimate of drug-likeness (QED) is 0.782. The van der Waals surface area contributed by atoms with Gasteiger partial charge in [0.05, 0.1) is 0 Å². The number of halogens is 1. The normalized spacial score (nSPS) is 10.7. The van der Waals surface area contributed by atoms with E-state index < -0.39 is 0 Å². The van der Waals surface area contributed by atoms with E-state index in [-0.39, 0.29) is 0 Å². The van der Waals surface area contributed by atoms with E-state index in [0.29, 0.717) is 11.6 Å². The van der Waals surface area contributed by atoms with Crippen molar-refractivity contribution in [1.29, 1.82) is 0 Å². The SMILES string of the molecule is Oc1ccc2ccccc2c1CCCCl. The average molecular weight is 221 g/mol. The number of benzene rings is 2. The summed E-state index contributed by atoms with van der Waals surface area (Å²) in [5.41, 5.74) is 1.01. The minimum atomic E-state index is 0.374. The van der Waals surface area contributed by atoms with Crippen LogP contribution in [0.3, 0.4) is 0 Å². The van der Waals surface area contributed by atoms with Crippen LogP contribution in [0.2, 0.25) is 0 Å². The highest BCUT2D eigenvalue weighted by atomic mass is 35.5. The molecule has 2 aromatic rings. The minimum Gasteiger partial charge on any atom is -0.508 e. The largest absolute Gasteiger partial charge is 0.508 e. The first-order valence-electron chi connectivity index (χ1n) is 5.08. The summed E-state index contributed by atoms with van der Waals surface area (Å²) in [6.45, 7) is 0. The molecule has 2 aromatic carbocycles. The van der Waals surface area contributed by atoms with Crippen LogP contribution in [0, 0.1) is 0 Å². The average Bonchev–Trinajstić information content (AvgIpc) is 2.28. The maximum Gasteiger partial charge on any atom is 0.119 e. The summed E-state index contributed by atoms with van der Waals surface area (Å²) in [6.07, 6.45) is 1.72. The van der Waals surface area contributed by atoms with Crippen molar-refractivity contribution in [2.24, 2.45) is 0 Å². The van der Waals surface area contributed by atoms with Crippen molar-refractivity contribution in [1.82, 2.24) is 0 Å². The molecule has 0 unspecified atom stereocenters. The molecule has 2 rings (SSSR count). The van der Waals surface area contributed by atoms with Crippen molar-refractivity contribution in [2.75, 3.05) is 5.88 Å². The Labute approximate surface area is 94.3 Å². The Balaban J connectivity index is 2.53. The van der Waals surface area contributed by atoms with Crippen molar-refractivity contribution in [2.45, 2.75) is 12.8 Å². The molecule has 0 fully saturated rings. The second-order valence-electron chi connectivity index (χ2n) is 3.58. The number of fused-ring (bicyclic) bond motifs is 1. The molecule has 0 radical (unpaired) electrons. The summed E-state index contributed by atoms with van der Waals surface area (Å²) in [5, 5.41) is 12.1. The second kappa shape index (κ2) is 4.54. The van der Waals surface area contributed by atoms with Gasteiger partial charge in [-0.3, -0.25) is 0 Å². The molecule has 0 aliphatic heterocycles. The van der Waals surface area contributed by atoms with Crippen LogP contribution in [0.25, 0.3) is 10.8 Å². The van der Waals surface area contributed by atoms with Crippen LogP contribution in [0.15, 0.2) is 36.4 Å². The lowest BCUT2D eigenvalue weighted by molar-refractivity contribution is 0.469. The Morgan fingerprint density at radius 3 is 2.67 bits per heavy atom. The summed E-state index contributed by atoms with van der Waals surface area (Å²) in [7, 11) is 0. The molecule has 1 nitrogen and oxygen atoms in total. The topological polar surface area (TPSA) is 20.2 Å². The van der Waals surface area contributed by atoms with Gasteiger partial charge < -0.3 is 5.11 Å². The predicted molar refractivity (Wildman–Crippen MR) is 64.7 cm³/mol. The third kappa shape index (κ3) is 2.07. The summed E-state index contributed by atoms with van der Waals surface area (Å²) in [6, 6.07) is 11.8. The Bertz CT molecular complexity index is 465. The highest BCUT2D eigenvalue weighted by molar-refractivity contribution is 6.17. The molecule has 15 heavy (non-hydrogen) atoms. The fourth-order valence-corrected chi connectivity index (χ4v) is 1.96. The van der Waals surface area contributed by atoms with E-state index in [2.05, 4.69) is 6.07 Å². The van der Waals surface area contributed by atoms with Crippen LogP contribution < -0.4 is 0 Å². The van der Waals surface area contributed by atoms with Gasteiger partial charge in [0, 0.05) is 11.4 Å². The van der Waals surface area contributed by atoms with Crippen molar-refractivity contribution in [3.8, 4) is 5.75 Å². The molecule has 0 saturated carbocycles. The Morgan fingerprint density at radius 1 is 1.07 bits per heavy atom. The van der Waals surface area contributed by atoms with E-state index in [9.17, 15) is 5.11 Å². The smallest absolute Gasteiger partial charge is 0.119 e. The summed E-state index contributed by atoms with van der Waals surface area (Å²) in [4.78, 5) is 0. The molecular weight excluding hydrogens is 208 g/mol. The first-order valence-corrected chi connectivity index (χ1v) is 5.62. The Morgan fingerprint density at radius 2 is 1.87 bits per heavy atom. The maximum atomic E-state index is 9.79. The zero-order valence-electron chi connectivity index (χ0n) is 8.41. The standard InChI is InChI=1S/C13H13ClO/c14-9-3-6-12-11-5-2-1-4-10(11)7-8-13(12)15/h1-2,4-5,7-8,15H,3,6,9H2. The van der Waals surface area contributed by atoms with Gasteiger partial charge in [0.2, 0.25) is 0 Å². The van der Waals surface area contributed by atoms with Crippen LogP contribution in [-0.4, -0.2) is 11.0 Å². The van der Waals surface area contributed by atoms with Crippen molar-refractivity contribution >= 4 is 22.4 Å². The van der Waals surface area contributed by atoms with Crippen molar-refractivity contribution in [3.05, 3.63) is 42.0 Å². The van der Waals surface area contributed by atoms with Gasteiger partial charge in [-0.05, 0) is 29.7 Å². The number of aromatic hydroxyl groups is 1. The number of alkyl halides is 1. The van der Waals surface area contributed by atoms with Crippen LogP contribution in [0.5, 0.6) is 5.75 Å². The number of hydrogen-bond donors (Lipinski definition) is 1. The van der Waals surface area contributed by atoms with Gasteiger partial charge >= 0.3 is 0 Å². The molecule has 2 heteroatoms. The van der Waals surface area contributed by atoms with E-state index in [4.69, 9.17) is 11.6 Å². The lowest BCUT2D eigenvalue weighted by Gasteiger charge is -2.07. The molecule has 0 spiro atoms. The maximum absolute atomic E-state index is 9.79. The number of phenolic OH excluding ortho intramolecular Hbond substituents is 1. The van der Waals surface area contributed by atoms with E-state index >= 15 is 0 Å². The number of phenols is 1. The highest BCUT2D eigenvalue weighted by Gasteiger charge is 2.05. The zero-order valence-corrected chi connectivity index (χ0v) is 9.17. The molecule has 0 heterocycles. The van der Waals surface area contributed by atoms with Crippen molar-refractivity contribution < 1.29 is 5.11 Å². The molecule has 0 bridgehead atoms. The first kappa shape index (κ1) is 10.3. The molecule has 0 aliphatic rings. The number of rotatable bonds is 3. The number of aryl methyl sites for hydroxylation is 1. The van der Waals surface area contributed by atoms with Crippen molar-refractivity contribution in [3.63, 3.8) is 0 Å². The molecular formula is C13H13ClO. The van der Waals surface area contributed by atoms with E-state index in [1.54, 1.807) is 6.07 Å². The van der Waals surface area contributed by atoms with Crippen LogP contribution in [0.1, 0.15) is 12.0 Å². The Kier molecular flexibility index (Phi) is 3.12. The van der Waals surface area contributed by atoms with E-state index in [1.807, 2.05) is 24.3 Å². The summed E-state index contributed by atoms with van der Waals surface area (Å²) >= 11 is 5.67. The minimum absolute atomic E-state index is 0.374. The van der Waals surface area contributed by atoms with Crippen LogP contribution in [0.4, 0.5) is 0 Å². The fourth-order valence-electron chi connectivity index (χ4n) is 1.83. The van der Waals surface area contributed by atoms with Gasteiger partial charge in [0.1, 0.15) is 5.75 Å². The molecule has 0 aliphatic carbocycles. The lowest BCUT2D eigenvalue weighted by atomic mass is 10.0. The van der Waals surface area contributed by atoms with Gasteiger partial charge in [0.25, 0.3) is 0 Å². The van der Waals surface area contributed by atoms with Gasteiger partial charge in [-0.2, -0.15) is 0 Å². The number of hydrogen-bond acceptors (Lipinski definition) is 1. The molecule has 0 saturated heterocycles. The third-order valence-electron chi connectivity index (χ3n) is 2.58. The highest BCUT2D eigenvalue weighted by Crippen LogP contribution is 2.28. The summed E-state index contributed by atoms with van der Waals surface area (Å²) < 4.78 is 0. The van der Waals surface area contributed by atoms with E-state index in [1.165, 1.54) is 5.39 Å². The monoisotopic (exact) mass is 220 g/mol. The van der Waals surface area contributed by atoms with E-state index in [0.717, 1.165) is 23.8 Å². The van der Waals surface area contributed by atoms with Gasteiger partial charge in [-0.25, -0.2) is 0 Å². The molecule has 78 valence electrons. The third-order valence-corrected chi connectivity index (χ3v) is 2.84. The zero-order chi connectivity index (χ0) is 10.7. The molecule has 0 amide bonds. The second-order valence-corrected chi connectivity index (χ2v) is 3.95. The lowest BCUT2D eigenvalue weighted by Crippen LogP contribution is -1.89. The Hall–Kier alpha value is -1.21. The van der Waals surface area contributed by atoms with Crippen LogP contribution in [-0.2, 0) is 6.42 Å². The fraction of sp³-hybridized carbons (Fsp3) is 0.231. The van der Waals surface area contributed by atoms with Gasteiger partial charge in [-0.15, -0.1) is 11.6 Å². The first-order chi connectivity index (χ1) is 7.33.